The molecule has 4 N–H and O–H groups in total. The number of sulfonamides is 1. The molecule has 1 aliphatic carbocycles. The van der Waals surface area contributed by atoms with Gasteiger partial charge in [-0.3, -0.25) is 4.79 Å². The first-order chi connectivity index (χ1) is 9.76. The van der Waals surface area contributed by atoms with Gasteiger partial charge >= 0.3 is 5.97 Å². The van der Waals surface area contributed by atoms with Gasteiger partial charge in [-0.1, -0.05) is 0 Å². The molecular weight excluding hydrogens is 312 g/mol. The van der Waals surface area contributed by atoms with Gasteiger partial charge in [-0.05, 0) is 36.5 Å². The van der Waals surface area contributed by atoms with E-state index in [9.17, 15) is 13.2 Å². The minimum absolute atomic E-state index is 0.0000426. The van der Waals surface area contributed by atoms with Crippen LogP contribution in [0.3, 0.4) is 0 Å². The number of carbonyl (C=O) groups is 1. The molecule has 2 rings (SSSR count). The van der Waals surface area contributed by atoms with Gasteiger partial charge in [0.15, 0.2) is 0 Å². The van der Waals surface area contributed by atoms with E-state index in [2.05, 4.69) is 0 Å². The van der Waals surface area contributed by atoms with Crippen molar-refractivity contribution in [2.45, 2.75) is 29.1 Å². The van der Waals surface area contributed by atoms with Gasteiger partial charge in [-0.15, -0.1) is 11.8 Å². The Labute approximate surface area is 128 Å². The Morgan fingerprint density at radius 2 is 2.10 bits per heavy atom. The van der Waals surface area contributed by atoms with Gasteiger partial charge in [0.25, 0.3) is 0 Å². The average molecular weight is 330 g/mol. The van der Waals surface area contributed by atoms with Crippen molar-refractivity contribution in [3.05, 3.63) is 18.2 Å². The Kier molecular flexibility index (Phi) is 4.50. The minimum Gasteiger partial charge on any atom is -0.469 e. The molecular formula is C13H18N2O4S2. The van der Waals surface area contributed by atoms with Crippen molar-refractivity contribution < 1.29 is 17.9 Å². The lowest BCUT2D eigenvalue weighted by Gasteiger charge is -2.14. The average Bonchev–Trinajstić information content (AvgIpc) is 3.16. The summed E-state index contributed by atoms with van der Waals surface area (Å²) in [6.45, 7) is 0. The second kappa shape index (κ2) is 5.86. The Morgan fingerprint density at radius 3 is 2.57 bits per heavy atom. The zero-order valence-electron chi connectivity index (χ0n) is 11.7. The highest BCUT2D eigenvalue weighted by Gasteiger charge is 2.44. The lowest BCUT2D eigenvalue weighted by molar-refractivity contribution is -0.141. The van der Waals surface area contributed by atoms with Gasteiger partial charge in [0.2, 0.25) is 10.0 Å². The molecule has 0 heterocycles. The molecule has 0 amide bonds. The maximum atomic E-state index is 11.4. The fourth-order valence-corrected chi connectivity index (χ4v) is 3.78. The van der Waals surface area contributed by atoms with Gasteiger partial charge in [0.05, 0.1) is 18.4 Å². The summed E-state index contributed by atoms with van der Waals surface area (Å²) in [4.78, 5) is 12.2. The first-order valence-corrected chi connectivity index (χ1v) is 8.91. The SMILES string of the molecule is COC(=O)CC1(CSc2ccc(S(N)(=O)=O)cc2N)CC1. The van der Waals surface area contributed by atoms with Gasteiger partial charge in [-0.25, -0.2) is 13.6 Å². The van der Waals surface area contributed by atoms with Crippen LogP contribution in [0.4, 0.5) is 5.69 Å². The quantitative estimate of drug-likeness (QED) is 0.462. The molecule has 0 bridgehead atoms. The summed E-state index contributed by atoms with van der Waals surface area (Å²) in [6, 6.07) is 4.44. The smallest absolute Gasteiger partial charge is 0.306 e. The van der Waals surface area contributed by atoms with E-state index in [1.165, 1.54) is 31.0 Å². The van der Waals surface area contributed by atoms with Crippen LogP contribution in [0.25, 0.3) is 0 Å². The Morgan fingerprint density at radius 1 is 1.43 bits per heavy atom. The summed E-state index contributed by atoms with van der Waals surface area (Å²) in [5.74, 6) is 0.548. The summed E-state index contributed by atoms with van der Waals surface area (Å²) < 4.78 is 27.2. The number of rotatable bonds is 6. The third kappa shape index (κ3) is 4.12. The molecule has 0 radical (unpaired) electrons. The second-order valence-electron chi connectivity index (χ2n) is 5.29. The number of hydrogen-bond acceptors (Lipinski definition) is 6. The molecule has 0 aromatic heterocycles. The molecule has 21 heavy (non-hydrogen) atoms. The van der Waals surface area contributed by atoms with E-state index in [0.29, 0.717) is 12.1 Å². The van der Waals surface area contributed by atoms with Crippen LogP contribution in [0.1, 0.15) is 19.3 Å². The fourth-order valence-electron chi connectivity index (χ4n) is 1.99. The number of nitrogen functional groups attached to an aromatic ring is 1. The van der Waals surface area contributed by atoms with E-state index in [4.69, 9.17) is 15.6 Å². The van der Waals surface area contributed by atoms with Crippen molar-refractivity contribution >= 4 is 33.4 Å². The highest BCUT2D eigenvalue weighted by Crippen LogP contribution is 2.52. The lowest BCUT2D eigenvalue weighted by Crippen LogP contribution is -2.14. The predicted octanol–water partition coefficient (Wildman–Crippen LogP) is 1.35. The molecule has 1 aromatic carbocycles. The second-order valence-corrected chi connectivity index (χ2v) is 7.86. The van der Waals surface area contributed by atoms with Crippen LogP contribution in [0.15, 0.2) is 28.0 Å². The first kappa shape index (κ1) is 16.1. The van der Waals surface area contributed by atoms with Crippen molar-refractivity contribution in [1.82, 2.24) is 0 Å². The summed E-state index contributed by atoms with van der Waals surface area (Å²) >= 11 is 1.52. The molecule has 8 heteroatoms. The maximum Gasteiger partial charge on any atom is 0.306 e. The molecule has 0 spiro atoms. The Bertz CT molecular complexity index is 654. The first-order valence-electron chi connectivity index (χ1n) is 6.38. The molecule has 1 saturated carbocycles. The number of carbonyl (C=O) groups excluding carboxylic acids is 1. The Balaban J connectivity index is 2.03. The molecule has 0 unspecified atom stereocenters. The third-order valence-electron chi connectivity index (χ3n) is 3.55. The van der Waals surface area contributed by atoms with Gasteiger partial charge in [0.1, 0.15) is 0 Å². The van der Waals surface area contributed by atoms with Crippen molar-refractivity contribution in [2.24, 2.45) is 10.6 Å². The molecule has 6 nitrogen and oxygen atoms in total. The third-order valence-corrected chi connectivity index (χ3v) is 5.90. The topological polar surface area (TPSA) is 112 Å². The number of ether oxygens (including phenoxy) is 1. The van der Waals surface area contributed by atoms with E-state index in [1.54, 1.807) is 6.07 Å². The van der Waals surface area contributed by atoms with E-state index >= 15 is 0 Å². The number of anilines is 1. The molecule has 1 fully saturated rings. The number of benzene rings is 1. The molecule has 0 atom stereocenters. The van der Waals surface area contributed by atoms with Crippen LogP contribution in [0.5, 0.6) is 0 Å². The number of primary sulfonamides is 1. The highest BCUT2D eigenvalue weighted by molar-refractivity contribution is 7.99. The molecule has 116 valence electrons. The van der Waals surface area contributed by atoms with Crippen molar-refractivity contribution in [3.63, 3.8) is 0 Å². The number of nitrogens with two attached hydrogens (primary N) is 2. The van der Waals surface area contributed by atoms with Crippen LogP contribution < -0.4 is 10.9 Å². The van der Waals surface area contributed by atoms with Gasteiger partial charge in [-0.2, -0.15) is 0 Å². The zero-order valence-corrected chi connectivity index (χ0v) is 13.3. The van der Waals surface area contributed by atoms with Crippen LogP contribution in [-0.2, 0) is 19.6 Å². The molecule has 1 aromatic rings. The maximum absolute atomic E-state index is 11.4. The normalized spacial score (nSPS) is 16.5. The van der Waals surface area contributed by atoms with Gasteiger partial charge in [0, 0.05) is 16.3 Å². The molecule has 0 saturated heterocycles. The van der Waals surface area contributed by atoms with E-state index in [-0.39, 0.29) is 16.3 Å². The van der Waals surface area contributed by atoms with Crippen molar-refractivity contribution in [3.8, 4) is 0 Å². The highest BCUT2D eigenvalue weighted by atomic mass is 32.2. The van der Waals surface area contributed by atoms with Crippen LogP contribution >= 0.6 is 11.8 Å². The monoisotopic (exact) mass is 330 g/mol. The van der Waals surface area contributed by atoms with Crippen LogP contribution in [0, 0.1) is 5.41 Å². The number of hydrogen-bond donors (Lipinski definition) is 2. The van der Waals surface area contributed by atoms with E-state index in [0.717, 1.165) is 23.5 Å². The zero-order chi connectivity index (χ0) is 15.7. The van der Waals surface area contributed by atoms with Crippen LogP contribution in [0.2, 0.25) is 0 Å². The standard InChI is InChI=1S/C13H18N2O4S2/c1-19-12(16)7-13(4-5-13)8-20-11-3-2-9(6-10(11)14)21(15,17)18/h2-3,6H,4-5,7-8,14H2,1H3,(H2,15,17,18). The summed E-state index contributed by atoms with van der Waals surface area (Å²) in [6.07, 6.45) is 2.39. The summed E-state index contributed by atoms with van der Waals surface area (Å²) in [5, 5.41) is 5.06. The largest absolute Gasteiger partial charge is 0.469 e. The van der Waals surface area contributed by atoms with E-state index < -0.39 is 10.0 Å². The lowest BCUT2D eigenvalue weighted by atomic mass is 10.1. The van der Waals surface area contributed by atoms with Gasteiger partial charge < -0.3 is 10.5 Å². The predicted molar refractivity (Wildman–Crippen MR) is 81.3 cm³/mol. The molecule has 1 aliphatic rings. The number of thioether (sulfide) groups is 1. The number of esters is 1. The number of methoxy groups -OCH3 is 1. The Hall–Kier alpha value is -1.25. The molecule has 0 aliphatic heterocycles. The van der Waals surface area contributed by atoms with Crippen molar-refractivity contribution in [2.75, 3.05) is 18.6 Å². The van der Waals surface area contributed by atoms with E-state index in [1.807, 2.05) is 0 Å². The minimum atomic E-state index is -3.74. The summed E-state index contributed by atoms with van der Waals surface area (Å²) in [7, 11) is -2.36. The summed E-state index contributed by atoms with van der Waals surface area (Å²) in [5.41, 5.74) is 6.23. The van der Waals surface area contributed by atoms with Crippen LogP contribution in [-0.4, -0.2) is 27.2 Å². The fraction of sp³-hybridized carbons (Fsp3) is 0.462. The van der Waals surface area contributed by atoms with Crippen molar-refractivity contribution in [1.29, 1.82) is 0 Å².